The monoisotopic (exact) mass is 417 g/mol. The average molecular weight is 418 g/mol. The fourth-order valence-electron chi connectivity index (χ4n) is 3.11. The van der Waals surface area contributed by atoms with Crippen molar-refractivity contribution in [3.05, 3.63) is 90.0 Å². The molecule has 0 aliphatic carbocycles. The molecule has 3 aromatic rings. The van der Waals surface area contributed by atoms with Crippen LogP contribution in [0.4, 0.5) is 11.4 Å². The second-order valence-corrected chi connectivity index (χ2v) is 7.19. The Balaban J connectivity index is 1.49. The van der Waals surface area contributed by atoms with Crippen LogP contribution in [0.5, 0.6) is 5.75 Å². The predicted molar refractivity (Wildman–Crippen MR) is 123 cm³/mol. The van der Waals surface area contributed by atoms with Crippen LogP contribution >= 0.6 is 0 Å². The quantitative estimate of drug-likeness (QED) is 0.541. The predicted octanol–water partition coefficient (Wildman–Crippen LogP) is 4.41. The van der Waals surface area contributed by atoms with Gasteiger partial charge >= 0.3 is 0 Å². The molecule has 6 nitrogen and oxygen atoms in total. The Morgan fingerprint density at radius 1 is 0.839 bits per heavy atom. The molecule has 0 spiro atoms. The highest BCUT2D eigenvalue weighted by Crippen LogP contribution is 2.17. The summed E-state index contributed by atoms with van der Waals surface area (Å²) in [7, 11) is 1.90. The number of carbonyl (C=O) groups excluding carboxylic acids is 2. The number of ether oxygens (including phenoxy) is 1. The van der Waals surface area contributed by atoms with Crippen molar-refractivity contribution in [2.75, 3.05) is 30.8 Å². The van der Waals surface area contributed by atoms with Crippen molar-refractivity contribution < 1.29 is 14.3 Å². The van der Waals surface area contributed by atoms with Gasteiger partial charge in [-0.25, -0.2) is 0 Å². The van der Waals surface area contributed by atoms with E-state index < -0.39 is 0 Å². The largest absolute Gasteiger partial charge is 0.494 e. The molecule has 0 atom stereocenters. The highest BCUT2D eigenvalue weighted by atomic mass is 16.5. The third kappa shape index (κ3) is 6.97. The van der Waals surface area contributed by atoms with Crippen LogP contribution in [-0.4, -0.2) is 36.9 Å². The molecule has 0 bridgehead atoms. The second-order valence-electron chi connectivity index (χ2n) is 7.19. The Hall–Kier alpha value is -3.64. The Bertz CT molecular complexity index is 987. The third-order valence-electron chi connectivity index (χ3n) is 4.56. The highest BCUT2D eigenvalue weighted by molar-refractivity contribution is 6.04. The topological polar surface area (TPSA) is 70.7 Å². The lowest BCUT2D eigenvalue weighted by Gasteiger charge is -2.16. The molecule has 2 amide bonds. The molecule has 6 heteroatoms. The molecular formula is C25H27N3O3. The van der Waals surface area contributed by atoms with Gasteiger partial charge in [0.05, 0.1) is 13.2 Å². The number of anilines is 2. The van der Waals surface area contributed by atoms with Crippen molar-refractivity contribution in [3.63, 3.8) is 0 Å². The number of rotatable bonds is 9. The van der Waals surface area contributed by atoms with Crippen molar-refractivity contribution in [1.82, 2.24) is 4.90 Å². The van der Waals surface area contributed by atoms with E-state index in [2.05, 4.69) is 10.6 Å². The fourth-order valence-corrected chi connectivity index (χ4v) is 3.11. The van der Waals surface area contributed by atoms with Gasteiger partial charge in [0, 0.05) is 23.5 Å². The van der Waals surface area contributed by atoms with Gasteiger partial charge in [-0.1, -0.05) is 30.3 Å². The molecule has 0 aromatic heterocycles. The molecule has 0 aliphatic heterocycles. The minimum absolute atomic E-state index is 0.106. The first-order chi connectivity index (χ1) is 15.0. The number of hydrogen-bond acceptors (Lipinski definition) is 4. The lowest BCUT2D eigenvalue weighted by Crippen LogP contribution is -2.29. The zero-order valence-corrected chi connectivity index (χ0v) is 17.8. The second kappa shape index (κ2) is 10.9. The first-order valence-corrected chi connectivity index (χ1v) is 10.2. The van der Waals surface area contributed by atoms with Gasteiger partial charge in [0.15, 0.2) is 0 Å². The van der Waals surface area contributed by atoms with Gasteiger partial charge in [0.25, 0.3) is 5.91 Å². The summed E-state index contributed by atoms with van der Waals surface area (Å²) in [6.07, 6.45) is 0. The smallest absolute Gasteiger partial charge is 0.255 e. The Morgan fingerprint density at radius 2 is 1.45 bits per heavy atom. The molecule has 2 N–H and O–H groups in total. The number of carbonyl (C=O) groups is 2. The highest BCUT2D eigenvalue weighted by Gasteiger charge is 2.10. The Morgan fingerprint density at radius 3 is 2.10 bits per heavy atom. The van der Waals surface area contributed by atoms with Crippen molar-refractivity contribution in [3.8, 4) is 5.75 Å². The summed E-state index contributed by atoms with van der Waals surface area (Å²) in [6.45, 7) is 3.48. The normalized spacial score (nSPS) is 10.5. The van der Waals surface area contributed by atoms with E-state index in [0.717, 1.165) is 11.3 Å². The zero-order chi connectivity index (χ0) is 22.1. The van der Waals surface area contributed by atoms with Gasteiger partial charge in [-0.2, -0.15) is 0 Å². The maximum Gasteiger partial charge on any atom is 0.255 e. The zero-order valence-electron chi connectivity index (χ0n) is 17.8. The van der Waals surface area contributed by atoms with E-state index in [9.17, 15) is 9.59 Å². The summed E-state index contributed by atoms with van der Waals surface area (Å²) in [5.41, 5.74) is 3.00. The van der Waals surface area contributed by atoms with Crippen LogP contribution in [0, 0.1) is 0 Å². The van der Waals surface area contributed by atoms with Crippen LogP contribution in [-0.2, 0) is 11.3 Å². The van der Waals surface area contributed by atoms with E-state index in [0.29, 0.717) is 30.1 Å². The molecule has 0 radical (unpaired) electrons. The van der Waals surface area contributed by atoms with E-state index in [4.69, 9.17) is 4.74 Å². The van der Waals surface area contributed by atoms with Crippen LogP contribution in [0.15, 0.2) is 78.9 Å². The van der Waals surface area contributed by atoms with Gasteiger partial charge < -0.3 is 15.4 Å². The first kappa shape index (κ1) is 22.1. The van der Waals surface area contributed by atoms with E-state index in [1.54, 1.807) is 36.4 Å². The number of likely N-dealkylation sites (N-methyl/N-ethyl adjacent to an activating group) is 1. The summed E-state index contributed by atoms with van der Waals surface area (Å²) in [5.74, 6) is 0.435. The van der Waals surface area contributed by atoms with Crippen molar-refractivity contribution in [1.29, 1.82) is 0 Å². The average Bonchev–Trinajstić information content (AvgIpc) is 2.76. The van der Waals surface area contributed by atoms with Gasteiger partial charge in [-0.3, -0.25) is 14.5 Å². The van der Waals surface area contributed by atoms with Gasteiger partial charge in [0.2, 0.25) is 5.91 Å². The molecule has 0 aliphatic rings. The number of nitrogens with zero attached hydrogens (tertiary/aromatic N) is 1. The van der Waals surface area contributed by atoms with Crippen molar-refractivity contribution >= 4 is 23.2 Å². The van der Waals surface area contributed by atoms with E-state index in [1.807, 2.05) is 61.3 Å². The molecule has 0 saturated carbocycles. The third-order valence-corrected chi connectivity index (χ3v) is 4.56. The summed E-state index contributed by atoms with van der Waals surface area (Å²) in [5, 5.41) is 5.71. The van der Waals surface area contributed by atoms with Gasteiger partial charge in [-0.05, 0) is 68.1 Å². The standard InChI is InChI=1S/C25H27N3O3/c1-3-31-23-15-13-22(14-16-23)27-25(30)20-9-11-21(12-10-20)26-24(29)18-28(2)17-19-7-5-4-6-8-19/h4-16H,3,17-18H2,1-2H3,(H,26,29)(H,27,30). The van der Waals surface area contributed by atoms with Crippen LogP contribution in [0.25, 0.3) is 0 Å². The maximum absolute atomic E-state index is 12.4. The van der Waals surface area contributed by atoms with Crippen LogP contribution in [0.2, 0.25) is 0 Å². The van der Waals surface area contributed by atoms with Gasteiger partial charge in [-0.15, -0.1) is 0 Å². The Kier molecular flexibility index (Phi) is 7.79. The Labute approximate surface area is 182 Å². The SMILES string of the molecule is CCOc1ccc(NC(=O)c2ccc(NC(=O)CN(C)Cc3ccccc3)cc2)cc1. The molecule has 0 unspecified atom stereocenters. The maximum atomic E-state index is 12.4. The number of benzene rings is 3. The molecule has 3 rings (SSSR count). The molecule has 3 aromatic carbocycles. The number of nitrogens with one attached hydrogen (secondary N) is 2. The summed E-state index contributed by atoms with van der Waals surface area (Å²) >= 11 is 0. The molecule has 31 heavy (non-hydrogen) atoms. The lowest BCUT2D eigenvalue weighted by atomic mass is 10.2. The summed E-state index contributed by atoms with van der Waals surface area (Å²) in [6, 6.07) is 24.0. The van der Waals surface area contributed by atoms with E-state index in [1.165, 1.54) is 0 Å². The van der Waals surface area contributed by atoms with E-state index in [-0.39, 0.29) is 18.4 Å². The lowest BCUT2D eigenvalue weighted by molar-refractivity contribution is -0.117. The van der Waals surface area contributed by atoms with Gasteiger partial charge in [0.1, 0.15) is 5.75 Å². The fraction of sp³-hybridized carbons (Fsp3) is 0.200. The van der Waals surface area contributed by atoms with Crippen LogP contribution < -0.4 is 15.4 Å². The minimum atomic E-state index is -0.218. The number of hydrogen-bond donors (Lipinski definition) is 2. The summed E-state index contributed by atoms with van der Waals surface area (Å²) < 4.78 is 5.40. The van der Waals surface area contributed by atoms with E-state index >= 15 is 0 Å². The van der Waals surface area contributed by atoms with Crippen LogP contribution in [0.3, 0.4) is 0 Å². The van der Waals surface area contributed by atoms with Crippen molar-refractivity contribution in [2.24, 2.45) is 0 Å². The molecular weight excluding hydrogens is 390 g/mol. The number of amides is 2. The molecule has 0 fully saturated rings. The minimum Gasteiger partial charge on any atom is -0.494 e. The first-order valence-electron chi connectivity index (χ1n) is 10.2. The molecule has 0 heterocycles. The molecule has 0 saturated heterocycles. The van der Waals surface area contributed by atoms with Crippen molar-refractivity contribution in [2.45, 2.75) is 13.5 Å². The van der Waals surface area contributed by atoms with Crippen LogP contribution in [0.1, 0.15) is 22.8 Å². The molecule has 160 valence electrons. The summed E-state index contributed by atoms with van der Waals surface area (Å²) in [4.78, 5) is 26.7.